The Morgan fingerprint density at radius 1 is 1.27 bits per heavy atom. The smallest absolute Gasteiger partial charge is 0.0973 e. The van der Waals surface area contributed by atoms with Gasteiger partial charge in [-0.15, -0.1) is 0 Å². The normalized spacial score (nSPS) is 15.3. The molecule has 0 radical (unpaired) electrons. The summed E-state index contributed by atoms with van der Waals surface area (Å²) in [5.74, 6) is 0. The Balaban J connectivity index is 2.80. The largest absolute Gasteiger partial charge is 0.375 e. The summed E-state index contributed by atoms with van der Waals surface area (Å²) < 4.78 is 5.58. The molecule has 0 aromatic heterocycles. The van der Waals surface area contributed by atoms with Crippen molar-refractivity contribution in [2.75, 3.05) is 20.7 Å². The number of methoxy groups -OCH3 is 1. The molecule has 2 atom stereocenters. The van der Waals surface area contributed by atoms with E-state index in [4.69, 9.17) is 4.74 Å². The van der Waals surface area contributed by atoms with Crippen molar-refractivity contribution in [1.29, 1.82) is 0 Å². The lowest BCUT2D eigenvalue weighted by Crippen LogP contribution is -2.35. The average Bonchev–Trinajstić information content (AvgIpc) is 2.30. The van der Waals surface area contributed by atoms with Crippen LogP contribution in [0.2, 0.25) is 0 Å². The highest BCUT2D eigenvalue weighted by atomic mass is 16.5. The van der Waals surface area contributed by atoms with E-state index in [1.807, 2.05) is 6.07 Å². The van der Waals surface area contributed by atoms with Crippen LogP contribution < -0.4 is 0 Å². The summed E-state index contributed by atoms with van der Waals surface area (Å²) in [5, 5.41) is 0. The van der Waals surface area contributed by atoms with E-state index in [-0.39, 0.29) is 6.10 Å². The molecule has 84 valence electrons. The van der Waals surface area contributed by atoms with E-state index >= 15 is 0 Å². The first-order valence-electron chi connectivity index (χ1n) is 5.48. The lowest BCUT2D eigenvalue weighted by molar-refractivity contribution is 0.0319. The summed E-state index contributed by atoms with van der Waals surface area (Å²) >= 11 is 0. The Labute approximate surface area is 92.9 Å². The van der Waals surface area contributed by atoms with Crippen molar-refractivity contribution in [3.05, 3.63) is 35.9 Å². The predicted molar refractivity (Wildman–Crippen MR) is 64.0 cm³/mol. The summed E-state index contributed by atoms with van der Waals surface area (Å²) in [6.45, 7) is 5.40. The van der Waals surface area contributed by atoms with Crippen LogP contribution in [0.4, 0.5) is 0 Å². The van der Waals surface area contributed by atoms with Crippen LogP contribution in [0.1, 0.15) is 25.5 Å². The van der Waals surface area contributed by atoms with Gasteiger partial charge in [0.1, 0.15) is 0 Å². The molecule has 0 spiro atoms. The van der Waals surface area contributed by atoms with Crippen LogP contribution in [0, 0.1) is 0 Å². The maximum atomic E-state index is 5.58. The van der Waals surface area contributed by atoms with Gasteiger partial charge in [-0.25, -0.2) is 0 Å². The van der Waals surface area contributed by atoms with Crippen LogP contribution >= 0.6 is 0 Å². The van der Waals surface area contributed by atoms with Gasteiger partial charge in [-0.2, -0.15) is 0 Å². The first-order chi connectivity index (χ1) is 7.20. The summed E-state index contributed by atoms with van der Waals surface area (Å²) in [7, 11) is 3.90. The molecule has 2 heteroatoms. The molecule has 0 saturated heterocycles. The van der Waals surface area contributed by atoms with Gasteiger partial charge in [0.25, 0.3) is 0 Å². The van der Waals surface area contributed by atoms with Gasteiger partial charge < -0.3 is 9.64 Å². The van der Waals surface area contributed by atoms with Crippen LogP contribution in [-0.4, -0.2) is 31.6 Å². The van der Waals surface area contributed by atoms with Crippen molar-refractivity contribution in [2.24, 2.45) is 0 Å². The maximum Gasteiger partial charge on any atom is 0.0973 e. The van der Waals surface area contributed by atoms with Gasteiger partial charge in [-0.1, -0.05) is 37.3 Å². The monoisotopic (exact) mass is 207 g/mol. The second-order valence-electron chi connectivity index (χ2n) is 3.88. The van der Waals surface area contributed by atoms with E-state index in [2.05, 4.69) is 50.1 Å². The van der Waals surface area contributed by atoms with E-state index in [1.165, 1.54) is 5.56 Å². The molecule has 2 nitrogen and oxygen atoms in total. The SMILES string of the molecule is CCN(C)[C@@H](C)[C@H](OC)c1ccccc1. The standard InChI is InChI=1S/C13H21NO/c1-5-14(3)11(2)13(15-4)12-9-7-6-8-10-12/h6-11,13H,5H2,1-4H3/t11-,13-/m0/s1. The third kappa shape index (κ3) is 3.05. The van der Waals surface area contributed by atoms with Gasteiger partial charge in [0.15, 0.2) is 0 Å². The molecule has 0 amide bonds. The molecule has 0 aliphatic carbocycles. The fraction of sp³-hybridized carbons (Fsp3) is 0.538. The van der Waals surface area contributed by atoms with Crippen LogP contribution in [-0.2, 0) is 4.74 Å². The number of rotatable bonds is 5. The van der Waals surface area contributed by atoms with Gasteiger partial charge in [0.2, 0.25) is 0 Å². The Hall–Kier alpha value is -0.860. The lowest BCUT2D eigenvalue weighted by Gasteiger charge is -2.30. The van der Waals surface area contributed by atoms with Crippen LogP contribution in [0.5, 0.6) is 0 Å². The number of nitrogens with zero attached hydrogens (tertiary/aromatic N) is 1. The number of hydrogen-bond donors (Lipinski definition) is 0. The zero-order chi connectivity index (χ0) is 11.3. The Kier molecular flexibility index (Phi) is 4.79. The molecule has 1 aromatic carbocycles. The Bertz CT molecular complexity index is 273. The number of hydrogen-bond acceptors (Lipinski definition) is 2. The summed E-state index contributed by atoms with van der Waals surface area (Å²) in [6.07, 6.45) is 0.149. The van der Waals surface area contributed by atoms with E-state index in [0.717, 1.165) is 6.54 Å². The van der Waals surface area contributed by atoms with Crippen molar-refractivity contribution in [3.8, 4) is 0 Å². The second kappa shape index (κ2) is 5.89. The van der Waals surface area contributed by atoms with Gasteiger partial charge in [0.05, 0.1) is 6.10 Å². The zero-order valence-electron chi connectivity index (χ0n) is 10.1. The molecule has 15 heavy (non-hydrogen) atoms. The molecular formula is C13H21NO. The van der Waals surface area contributed by atoms with Crippen molar-refractivity contribution in [3.63, 3.8) is 0 Å². The molecule has 1 rings (SSSR count). The van der Waals surface area contributed by atoms with Crippen LogP contribution in [0.15, 0.2) is 30.3 Å². The minimum absolute atomic E-state index is 0.149. The topological polar surface area (TPSA) is 12.5 Å². The fourth-order valence-corrected chi connectivity index (χ4v) is 1.77. The molecule has 0 aliphatic rings. The van der Waals surface area contributed by atoms with E-state index < -0.39 is 0 Å². The lowest BCUT2D eigenvalue weighted by atomic mass is 10.0. The molecule has 0 fully saturated rings. The van der Waals surface area contributed by atoms with Gasteiger partial charge in [0, 0.05) is 13.2 Å². The number of likely N-dealkylation sites (N-methyl/N-ethyl adjacent to an activating group) is 1. The van der Waals surface area contributed by atoms with Gasteiger partial charge in [-0.3, -0.25) is 0 Å². The van der Waals surface area contributed by atoms with Gasteiger partial charge in [-0.05, 0) is 26.1 Å². The third-order valence-electron chi connectivity index (χ3n) is 3.01. The molecule has 0 N–H and O–H groups in total. The third-order valence-corrected chi connectivity index (χ3v) is 3.01. The summed E-state index contributed by atoms with van der Waals surface area (Å²) in [5.41, 5.74) is 1.24. The maximum absolute atomic E-state index is 5.58. The van der Waals surface area contributed by atoms with Crippen LogP contribution in [0.25, 0.3) is 0 Å². The highest BCUT2D eigenvalue weighted by Gasteiger charge is 2.21. The average molecular weight is 207 g/mol. The van der Waals surface area contributed by atoms with Crippen molar-refractivity contribution in [1.82, 2.24) is 4.90 Å². The number of ether oxygens (including phenoxy) is 1. The summed E-state index contributed by atoms with van der Waals surface area (Å²) in [6, 6.07) is 10.8. The first kappa shape index (κ1) is 12.2. The minimum Gasteiger partial charge on any atom is -0.375 e. The molecule has 0 saturated carbocycles. The van der Waals surface area contributed by atoms with Gasteiger partial charge >= 0.3 is 0 Å². The zero-order valence-corrected chi connectivity index (χ0v) is 10.1. The predicted octanol–water partition coefficient (Wildman–Crippen LogP) is 2.71. The van der Waals surface area contributed by atoms with Crippen LogP contribution in [0.3, 0.4) is 0 Å². The molecule has 0 heterocycles. The van der Waals surface area contributed by atoms with E-state index in [0.29, 0.717) is 6.04 Å². The molecule has 1 aromatic rings. The van der Waals surface area contributed by atoms with E-state index in [1.54, 1.807) is 7.11 Å². The molecule has 0 unspecified atom stereocenters. The molecule has 0 aliphatic heterocycles. The quantitative estimate of drug-likeness (QED) is 0.736. The highest BCUT2D eigenvalue weighted by molar-refractivity contribution is 5.19. The minimum atomic E-state index is 0.149. The highest BCUT2D eigenvalue weighted by Crippen LogP contribution is 2.23. The Morgan fingerprint density at radius 2 is 1.87 bits per heavy atom. The molecular weight excluding hydrogens is 186 g/mol. The van der Waals surface area contributed by atoms with Crippen molar-refractivity contribution >= 4 is 0 Å². The second-order valence-corrected chi connectivity index (χ2v) is 3.88. The Morgan fingerprint density at radius 3 is 2.33 bits per heavy atom. The fourth-order valence-electron chi connectivity index (χ4n) is 1.77. The van der Waals surface area contributed by atoms with E-state index in [9.17, 15) is 0 Å². The summed E-state index contributed by atoms with van der Waals surface area (Å²) in [4.78, 5) is 2.29. The molecule has 0 bridgehead atoms. The number of benzene rings is 1. The van der Waals surface area contributed by atoms with Crippen molar-refractivity contribution in [2.45, 2.75) is 26.0 Å². The van der Waals surface area contributed by atoms with Crippen molar-refractivity contribution < 1.29 is 4.74 Å². The first-order valence-corrected chi connectivity index (χ1v) is 5.48.